The van der Waals surface area contributed by atoms with Crippen LogP contribution in [0.4, 0.5) is 0 Å². The summed E-state index contributed by atoms with van der Waals surface area (Å²) in [4.78, 5) is 28.7. The Morgan fingerprint density at radius 2 is 1.81 bits per heavy atom. The Morgan fingerprint density at radius 3 is 2.47 bits per heavy atom. The SMILES string of the molecule is CC(=O)NC1(c2noc(CCC(=O)Oc3ccc(C4SCCS4)cc3)n2)CCCCCC1. The third-order valence-electron chi connectivity index (χ3n) is 5.82. The van der Waals surface area contributed by atoms with Crippen LogP contribution >= 0.6 is 23.5 Å². The van der Waals surface area contributed by atoms with E-state index in [9.17, 15) is 9.59 Å². The van der Waals surface area contributed by atoms with Crippen LogP contribution in [-0.4, -0.2) is 33.5 Å². The van der Waals surface area contributed by atoms with Crippen LogP contribution in [0.15, 0.2) is 28.8 Å². The standard InChI is InChI=1S/C23H29N3O4S2/c1-16(27)25-23(12-4-2-3-5-13-23)22-24-19(30-26-22)10-11-20(28)29-18-8-6-17(7-9-18)21-31-14-15-32-21/h6-9,21H,2-5,10-15H2,1H3,(H,25,27). The quantitative estimate of drug-likeness (QED) is 0.348. The number of aryl methyl sites for hydroxylation is 1. The van der Waals surface area contributed by atoms with Gasteiger partial charge in [-0.25, -0.2) is 0 Å². The Kier molecular flexibility index (Phi) is 7.78. The smallest absolute Gasteiger partial charge is 0.311 e. The Labute approximate surface area is 196 Å². The largest absolute Gasteiger partial charge is 0.427 e. The Hall–Kier alpha value is -2.00. The summed E-state index contributed by atoms with van der Waals surface area (Å²) >= 11 is 3.89. The third-order valence-corrected chi connectivity index (χ3v) is 8.92. The highest BCUT2D eigenvalue weighted by Crippen LogP contribution is 2.45. The first kappa shape index (κ1) is 23.2. The van der Waals surface area contributed by atoms with Crippen molar-refractivity contribution in [3.63, 3.8) is 0 Å². The maximum atomic E-state index is 12.3. The summed E-state index contributed by atoms with van der Waals surface area (Å²) in [5.41, 5.74) is 0.671. The molecule has 7 nitrogen and oxygen atoms in total. The molecule has 1 saturated carbocycles. The predicted octanol–water partition coefficient (Wildman–Crippen LogP) is 4.77. The minimum absolute atomic E-state index is 0.0991. The van der Waals surface area contributed by atoms with Crippen LogP contribution in [-0.2, 0) is 21.5 Å². The van der Waals surface area contributed by atoms with Crippen molar-refractivity contribution in [3.8, 4) is 5.75 Å². The van der Waals surface area contributed by atoms with E-state index in [0.717, 1.165) is 38.5 Å². The van der Waals surface area contributed by atoms with E-state index in [-0.39, 0.29) is 18.3 Å². The molecule has 1 aliphatic carbocycles. The molecule has 0 bridgehead atoms. The molecule has 2 fully saturated rings. The number of ether oxygens (including phenoxy) is 1. The third kappa shape index (κ3) is 5.86. The summed E-state index contributed by atoms with van der Waals surface area (Å²) in [7, 11) is 0. The van der Waals surface area contributed by atoms with Crippen molar-refractivity contribution in [2.24, 2.45) is 0 Å². The summed E-state index contributed by atoms with van der Waals surface area (Å²) in [5, 5.41) is 7.23. The number of aromatic nitrogens is 2. The van der Waals surface area contributed by atoms with Crippen LogP contribution in [0.2, 0.25) is 0 Å². The van der Waals surface area contributed by atoms with E-state index in [1.807, 2.05) is 47.8 Å². The first-order chi connectivity index (χ1) is 15.5. The van der Waals surface area contributed by atoms with Gasteiger partial charge >= 0.3 is 5.97 Å². The number of benzene rings is 1. The molecule has 1 N–H and O–H groups in total. The maximum Gasteiger partial charge on any atom is 0.311 e. The Bertz CT molecular complexity index is 918. The molecular formula is C23H29N3O4S2. The van der Waals surface area contributed by atoms with Crippen LogP contribution in [0.3, 0.4) is 0 Å². The summed E-state index contributed by atoms with van der Waals surface area (Å²) in [6.45, 7) is 1.52. The van der Waals surface area contributed by atoms with Crippen molar-refractivity contribution < 1.29 is 18.8 Å². The van der Waals surface area contributed by atoms with Crippen molar-refractivity contribution in [1.29, 1.82) is 0 Å². The predicted molar refractivity (Wildman–Crippen MR) is 126 cm³/mol. The monoisotopic (exact) mass is 475 g/mol. The van der Waals surface area contributed by atoms with Crippen LogP contribution in [0, 0.1) is 0 Å². The Morgan fingerprint density at radius 1 is 1.12 bits per heavy atom. The van der Waals surface area contributed by atoms with Crippen molar-refractivity contribution in [3.05, 3.63) is 41.5 Å². The van der Waals surface area contributed by atoms with Gasteiger partial charge in [-0.2, -0.15) is 4.98 Å². The lowest BCUT2D eigenvalue weighted by atomic mass is 9.89. The van der Waals surface area contributed by atoms with Gasteiger partial charge in [0.25, 0.3) is 0 Å². The molecule has 9 heteroatoms. The topological polar surface area (TPSA) is 94.3 Å². The molecule has 32 heavy (non-hydrogen) atoms. The first-order valence-corrected chi connectivity index (χ1v) is 13.3. The maximum absolute atomic E-state index is 12.3. The van der Waals surface area contributed by atoms with Gasteiger partial charge in [-0.1, -0.05) is 43.0 Å². The molecule has 2 aromatic rings. The number of thioether (sulfide) groups is 2. The fourth-order valence-electron chi connectivity index (χ4n) is 4.26. The van der Waals surface area contributed by atoms with Crippen LogP contribution < -0.4 is 10.1 Å². The fraction of sp³-hybridized carbons (Fsp3) is 0.565. The summed E-state index contributed by atoms with van der Waals surface area (Å²) in [6.07, 6.45) is 6.32. The second kappa shape index (κ2) is 10.7. The van der Waals surface area contributed by atoms with Gasteiger partial charge in [-0.3, -0.25) is 9.59 Å². The van der Waals surface area contributed by atoms with Gasteiger partial charge in [0.1, 0.15) is 11.3 Å². The molecule has 0 atom stereocenters. The molecule has 0 spiro atoms. The lowest BCUT2D eigenvalue weighted by Gasteiger charge is -2.30. The summed E-state index contributed by atoms with van der Waals surface area (Å²) < 4.78 is 11.4. The van der Waals surface area contributed by atoms with E-state index in [4.69, 9.17) is 9.26 Å². The van der Waals surface area contributed by atoms with Gasteiger partial charge < -0.3 is 14.6 Å². The van der Waals surface area contributed by atoms with E-state index in [0.29, 0.717) is 28.5 Å². The number of hydrogen-bond donors (Lipinski definition) is 1. The van der Waals surface area contributed by atoms with E-state index in [2.05, 4.69) is 15.5 Å². The van der Waals surface area contributed by atoms with E-state index < -0.39 is 5.54 Å². The number of amides is 1. The second-order valence-electron chi connectivity index (χ2n) is 8.31. The minimum Gasteiger partial charge on any atom is -0.427 e. The number of carbonyl (C=O) groups excluding carboxylic acids is 2. The molecule has 1 aliphatic heterocycles. The van der Waals surface area contributed by atoms with Crippen LogP contribution in [0.25, 0.3) is 0 Å². The Balaban J connectivity index is 1.33. The molecule has 0 unspecified atom stereocenters. The van der Waals surface area contributed by atoms with E-state index in [1.54, 1.807) is 0 Å². The molecule has 1 saturated heterocycles. The number of nitrogens with zero attached hydrogens (tertiary/aromatic N) is 2. The van der Waals surface area contributed by atoms with Gasteiger partial charge in [-0.05, 0) is 30.5 Å². The second-order valence-corrected chi connectivity index (χ2v) is 11.0. The van der Waals surface area contributed by atoms with E-state index in [1.165, 1.54) is 24.0 Å². The van der Waals surface area contributed by atoms with E-state index >= 15 is 0 Å². The van der Waals surface area contributed by atoms with Crippen molar-refractivity contribution in [1.82, 2.24) is 15.5 Å². The lowest BCUT2D eigenvalue weighted by molar-refractivity contribution is -0.134. The molecule has 172 valence electrons. The van der Waals surface area contributed by atoms with Gasteiger partial charge in [-0.15, -0.1) is 23.5 Å². The molecule has 4 rings (SSSR count). The van der Waals surface area contributed by atoms with Gasteiger partial charge in [0.05, 0.1) is 11.0 Å². The van der Waals surface area contributed by atoms with Gasteiger partial charge in [0.15, 0.2) is 5.82 Å². The van der Waals surface area contributed by atoms with Gasteiger partial charge in [0.2, 0.25) is 11.8 Å². The van der Waals surface area contributed by atoms with Crippen molar-refractivity contribution in [2.45, 2.75) is 68.4 Å². The van der Waals surface area contributed by atoms with Crippen LogP contribution in [0.1, 0.15) is 73.7 Å². The zero-order valence-electron chi connectivity index (χ0n) is 18.3. The average Bonchev–Trinajstić information content (AvgIpc) is 3.43. The normalized spacial score (nSPS) is 18.8. The first-order valence-electron chi connectivity index (χ1n) is 11.2. The summed E-state index contributed by atoms with van der Waals surface area (Å²) in [5.74, 6) is 3.35. The minimum atomic E-state index is -0.581. The molecule has 0 radical (unpaired) electrons. The number of esters is 1. The number of nitrogens with one attached hydrogen (secondary N) is 1. The van der Waals surface area contributed by atoms with Crippen LogP contribution in [0.5, 0.6) is 5.75 Å². The molecule has 2 aliphatic rings. The van der Waals surface area contributed by atoms with Gasteiger partial charge in [0, 0.05) is 24.9 Å². The zero-order valence-corrected chi connectivity index (χ0v) is 19.9. The average molecular weight is 476 g/mol. The zero-order chi connectivity index (χ0) is 22.4. The number of carbonyl (C=O) groups is 2. The molecule has 1 amide bonds. The molecule has 2 heterocycles. The van der Waals surface area contributed by atoms with Crippen molar-refractivity contribution >= 4 is 35.4 Å². The highest BCUT2D eigenvalue weighted by Gasteiger charge is 2.38. The lowest BCUT2D eigenvalue weighted by Crippen LogP contribution is -2.45. The summed E-state index contributed by atoms with van der Waals surface area (Å²) in [6, 6.07) is 7.75. The van der Waals surface area contributed by atoms with Crippen molar-refractivity contribution in [2.75, 3.05) is 11.5 Å². The number of hydrogen-bond acceptors (Lipinski definition) is 8. The molecule has 1 aromatic carbocycles. The highest BCUT2D eigenvalue weighted by molar-refractivity contribution is 8.19. The molecule has 1 aromatic heterocycles. The number of rotatable bonds is 7. The highest BCUT2D eigenvalue weighted by atomic mass is 32.2. The molecular weight excluding hydrogens is 446 g/mol. The fourth-order valence-corrected chi connectivity index (χ4v) is 7.12.